The number of hydrogen-bond donors (Lipinski definition) is 2. The number of anilines is 1. The summed E-state index contributed by atoms with van der Waals surface area (Å²) in [6.07, 6.45) is 6.33. The molecule has 0 saturated carbocycles. The van der Waals surface area contributed by atoms with Crippen LogP contribution >= 0.6 is 23.1 Å². The average molecular weight is 460 g/mol. The van der Waals surface area contributed by atoms with Gasteiger partial charge in [0.1, 0.15) is 16.9 Å². The Kier molecular flexibility index (Phi) is 5.38. The van der Waals surface area contributed by atoms with Crippen molar-refractivity contribution in [2.45, 2.75) is 23.8 Å². The van der Waals surface area contributed by atoms with Crippen molar-refractivity contribution in [1.29, 1.82) is 0 Å². The number of fused-ring (bicyclic) bond motifs is 1. The summed E-state index contributed by atoms with van der Waals surface area (Å²) in [6.45, 7) is 4.12. The Labute approximate surface area is 191 Å². The molecule has 5 rings (SSSR count). The third-order valence-electron chi connectivity index (χ3n) is 4.83. The molecular formula is C22H17N7OS2. The van der Waals surface area contributed by atoms with E-state index in [9.17, 15) is 4.79 Å². The van der Waals surface area contributed by atoms with Crippen LogP contribution in [0.25, 0.3) is 22.4 Å². The minimum Gasteiger partial charge on any atom is -0.341 e. The normalized spacial score (nSPS) is 11.1. The van der Waals surface area contributed by atoms with Gasteiger partial charge >= 0.3 is 0 Å². The number of carbonyl (C=O) groups excluding carboxylic acids is 1. The molecule has 0 spiro atoms. The molecule has 0 saturated heterocycles. The van der Waals surface area contributed by atoms with E-state index in [0.29, 0.717) is 16.3 Å². The maximum absolute atomic E-state index is 12.4. The number of thiazole rings is 1. The van der Waals surface area contributed by atoms with E-state index in [1.165, 1.54) is 17.7 Å². The number of H-pyrrole nitrogens is 1. The van der Waals surface area contributed by atoms with Crippen molar-refractivity contribution in [2.75, 3.05) is 5.32 Å². The number of aromatic nitrogens is 6. The Bertz CT molecular complexity index is 1410. The van der Waals surface area contributed by atoms with Crippen LogP contribution in [0.2, 0.25) is 0 Å². The molecule has 0 aliphatic rings. The molecule has 8 nitrogen and oxygen atoms in total. The molecule has 0 aliphatic heterocycles. The molecule has 2 N–H and O–H groups in total. The molecule has 5 aromatic rings. The van der Waals surface area contributed by atoms with E-state index < -0.39 is 0 Å². The van der Waals surface area contributed by atoms with Gasteiger partial charge in [-0.2, -0.15) is 0 Å². The molecule has 10 heteroatoms. The quantitative estimate of drug-likeness (QED) is 0.360. The molecule has 4 aromatic heterocycles. The zero-order valence-corrected chi connectivity index (χ0v) is 18.8. The number of carbonyl (C=O) groups is 1. The molecule has 32 heavy (non-hydrogen) atoms. The predicted molar refractivity (Wildman–Crippen MR) is 125 cm³/mol. The second kappa shape index (κ2) is 8.48. The monoisotopic (exact) mass is 459 g/mol. The lowest BCUT2D eigenvalue weighted by molar-refractivity contribution is 0.102. The number of imidazole rings is 1. The van der Waals surface area contributed by atoms with E-state index >= 15 is 0 Å². The number of rotatable bonds is 5. The Morgan fingerprint density at radius 1 is 1.09 bits per heavy atom. The molecule has 4 heterocycles. The second-order valence-electron chi connectivity index (χ2n) is 7.04. The highest BCUT2D eigenvalue weighted by Crippen LogP contribution is 2.36. The minimum absolute atomic E-state index is 0.205. The largest absolute Gasteiger partial charge is 0.341 e. The highest BCUT2D eigenvalue weighted by atomic mass is 32.2. The van der Waals surface area contributed by atoms with E-state index in [1.54, 1.807) is 42.6 Å². The summed E-state index contributed by atoms with van der Waals surface area (Å²) in [5, 5.41) is 6.20. The Hall–Kier alpha value is -3.63. The SMILES string of the molecule is Cc1cc(Sc2ncnc3nc[nH]c23)cc(C)c1-c1csc(NC(=O)c2ccncc2)n1. The predicted octanol–water partition coefficient (Wildman–Crippen LogP) is 4.89. The standard InChI is InChI=1S/C22H17N7OS2/c1-12-7-15(32-21-18-19(25-10-24-18)26-11-27-21)8-13(2)17(12)16-9-31-22(28-16)29-20(30)14-3-5-23-6-4-14/h3-11H,1-2H3,(H,28,29,30)(H,24,25,26,27). The maximum Gasteiger partial charge on any atom is 0.257 e. The highest BCUT2D eigenvalue weighted by Gasteiger charge is 2.15. The van der Waals surface area contributed by atoms with Crippen molar-refractivity contribution in [1.82, 2.24) is 29.9 Å². The van der Waals surface area contributed by atoms with Crippen molar-refractivity contribution in [3.8, 4) is 11.3 Å². The lowest BCUT2D eigenvalue weighted by Crippen LogP contribution is -2.11. The molecule has 0 unspecified atom stereocenters. The number of pyridine rings is 1. The minimum atomic E-state index is -0.205. The molecule has 0 fully saturated rings. The fraction of sp³-hybridized carbons (Fsp3) is 0.0909. The average Bonchev–Trinajstić information content (AvgIpc) is 3.44. The van der Waals surface area contributed by atoms with Crippen LogP contribution in [0.5, 0.6) is 0 Å². The molecule has 0 bridgehead atoms. The van der Waals surface area contributed by atoms with Crippen molar-refractivity contribution >= 4 is 45.3 Å². The van der Waals surface area contributed by atoms with Crippen LogP contribution in [0.15, 0.2) is 64.6 Å². The lowest BCUT2D eigenvalue weighted by atomic mass is 10.0. The summed E-state index contributed by atoms with van der Waals surface area (Å²) < 4.78 is 0. The van der Waals surface area contributed by atoms with Crippen molar-refractivity contribution in [2.24, 2.45) is 0 Å². The summed E-state index contributed by atoms with van der Waals surface area (Å²) in [5.41, 5.74) is 6.11. The van der Waals surface area contributed by atoms with Crippen LogP contribution in [0.1, 0.15) is 21.5 Å². The zero-order chi connectivity index (χ0) is 22.1. The van der Waals surface area contributed by atoms with E-state index in [4.69, 9.17) is 0 Å². The Balaban J connectivity index is 1.39. The van der Waals surface area contributed by atoms with Gasteiger partial charge < -0.3 is 4.98 Å². The lowest BCUT2D eigenvalue weighted by Gasteiger charge is -2.11. The van der Waals surface area contributed by atoms with E-state index in [1.807, 2.05) is 5.38 Å². The van der Waals surface area contributed by atoms with Crippen LogP contribution in [0.4, 0.5) is 5.13 Å². The summed E-state index contributed by atoms with van der Waals surface area (Å²) in [6, 6.07) is 7.57. The van der Waals surface area contributed by atoms with E-state index in [-0.39, 0.29) is 5.91 Å². The van der Waals surface area contributed by atoms with Crippen LogP contribution in [0.3, 0.4) is 0 Å². The number of benzene rings is 1. The van der Waals surface area contributed by atoms with Crippen LogP contribution in [-0.4, -0.2) is 35.8 Å². The van der Waals surface area contributed by atoms with Crippen molar-refractivity contribution in [3.05, 3.63) is 71.4 Å². The summed E-state index contributed by atoms with van der Waals surface area (Å²) >= 11 is 2.97. The number of nitrogens with zero attached hydrogens (tertiary/aromatic N) is 5. The second-order valence-corrected chi connectivity index (χ2v) is 8.96. The maximum atomic E-state index is 12.4. The smallest absolute Gasteiger partial charge is 0.257 e. The third kappa shape index (κ3) is 3.97. The first-order chi connectivity index (χ1) is 15.6. The summed E-state index contributed by atoms with van der Waals surface area (Å²) in [7, 11) is 0. The van der Waals surface area contributed by atoms with Gasteiger partial charge in [-0.1, -0.05) is 11.8 Å². The number of aromatic amines is 1. The molecule has 0 radical (unpaired) electrons. The molecule has 0 atom stereocenters. The first kappa shape index (κ1) is 20.3. The van der Waals surface area contributed by atoms with E-state index in [2.05, 4.69) is 61.2 Å². The van der Waals surface area contributed by atoms with Crippen LogP contribution in [0, 0.1) is 13.8 Å². The highest BCUT2D eigenvalue weighted by molar-refractivity contribution is 7.99. The molecule has 158 valence electrons. The van der Waals surface area contributed by atoms with E-state index in [0.717, 1.165) is 37.8 Å². The topological polar surface area (TPSA) is 109 Å². The van der Waals surface area contributed by atoms with Crippen LogP contribution in [-0.2, 0) is 0 Å². The third-order valence-corrected chi connectivity index (χ3v) is 6.56. The van der Waals surface area contributed by atoms with Gasteiger partial charge in [0.25, 0.3) is 5.91 Å². The Morgan fingerprint density at radius 2 is 1.88 bits per heavy atom. The van der Waals surface area contributed by atoms with Crippen LogP contribution < -0.4 is 5.32 Å². The molecule has 0 aliphatic carbocycles. The number of aryl methyl sites for hydroxylation is 2. The molecule has 1 aromatic carbocycles. The van der Waals surface area contributed by atoms with Crippen molar-refractivity contribution < 1.29 is 4.79 Å². The van der Waals surface area contributed by atoms with Gasteiger partial charge in [0.05, 0.1) is 12.0 Å². The number of nitrogens with one attached hydrogen (secondary N) is 2. The fourth-order valence-electron chi connectivity index (χ4n) is 3.44. The van der Waals surface area contributed by atoms with Crippen molar-refractivity contribution in [3.63, 3.8) is 0 Å². The first-order valence-electron chi connectivity index (χ1n) is 9.69. The summed E-state index contributed by atoms with van der Waals surface area (Å²) in [4.78, 5) is 37.9. The zero-order valence-electron chi connectivity index (χ0n) is 17.2. The Morgan fingerprint density at radius 3 is 2.66 bits per heavy atom. The summed E-state index contributed by atoms with van der Waals surface area (Å²) in [5.74, 6) is -0.205. The molecule has 1 amide bonds. The van der Waals surface area contributed by atoms with Gasteiger partial charge in [-0.05, 0) is 49.2 Å². The van der Waals surface area contributed by atoms with Gasteiger partial charge in [0.2, 0.25) is 0 Å². The van der Waals surface area contributed by atoms with Gasteiger partial charge in [0, 0.05) is 33.8 Å². The number of hydrogen-bond acceptors (Lipinski definition) is 8. The van der Waals surface area contributed by atoms with Gasteiger partial charge in [-0.15, -0.1) is 11.3 Å². The first-order valence-corrected chi connectivity index (χ1v) is 11.4. The fourth-order valence-corrected chi connectivity index (χ4v) is 5.18. The molecular weight excluding hydrogens is 442 g/mol. The van der Waals surface area contributed by atoms with Gasteiger partial charge in [-0.25, -0.2) is 19.9 Å². The number of amides is 1. The van der Waals surface area contributed by atoms with Gasteiger partial charge in [0.15, 0.2) is 10.8 Å². The van der Waals surface area contributed by atoms with Gasteiger partial charge in [-0.3, -0.25) is 15.1 Å².